The molecular formula is C26H34N2O3. The van der Waals surface area contributed by atoms with Crippen molar-refractivity contribution in [3.8, 4) is 5.75 Å². The van der Waals surface area contributed by atoms with Gasteiger partial charge in [-0.3, -0.25) is 9.69 Å². The normalized spacial score (nSPS) is 21.4. The number of rotatable bonds is 7. The zero-order valence-corrected chi connectivity index (χ0v) is 18.5. The van der Waals surface area contributed by atoms with E-state index >= 15 is 0 Å². The van der Waals surface area contributed by atoms with Crippen molar-refractivity contribution in [3.05, 3.63) is 60.2 Å². The maximum Gasteiger partial charge on any atom is 0.235 e. The first kappa shape index (κ1) is 21.8. The van der Waals surface area contributed by atoms with Crippen molar-refractivity contribution >= 4 is 11.6 Å². The Labute approximate surface area is 185 Å². The molecule has 2 aromatic carbocycles. The van der Waals surface area contributed by atoms with E-state index in [1.807, 2.05) is 54.6 Å². The van der Waals surface area contributed by atoms with Crippen LogP contribution in [-0.4, -0.2) is 49.8 Å². The molecule has 1 unspecified atom stereocenters. The fourth-order valence-corrected chi connectivity index (χ4v) is 4.78. The molecule has 2 heterocycles. The summed E-state index contributed by atoms with van der Waals surface area (Å²) in [6.45, 7) is 6.32. The summed E-state index contributed by atoms with van der Waals surface area (Å²) in [4.78, 5) is 15.9. The Hall–Kier alpha value is -2.37. The highest BCUT2D eigenvalue weighted by atomic mass is 16.5. The van der Waals surface area contributed by atoms with Gasteiger partial charge in [-0.2, -0.15) is 0 Å². The summed E-state index contributed by atoms with van der Waals surface area (Å²) in [5.41, 5.74) is 1.31. The van der Waals surface area contributed by atoms with E-state index in [0.29, 0.717) is 38.7 Å². The van der Waals surface area contributed by atoms with Crippen LogP contribution in [0.25, 0.3) is 0 Å². The average molecular weight is 423 g/mol. The third kappa shape index (κ3) is 5.28. The molecule has 0 spiro atoms. The number of hydrogen-bond acceptors (Lipinski definition) is 4. The molecule has 2 aliphatic rings. The van der Waals surface area contributed by atoms with E-state index in [-0.39, 0.29) is 5.91 Å². The molecule has 31 heavy (non-hydrogen) atoms. The van der Waals surface area contributed by atoms with Crippen LogP contribution < -0.4 is 10.1 Å². The molecule has 0 aliphatic carbocycles. The van der Waals surface area contributed by atoms with Gasteiger partial charge in [0.1, 0.15) is 12.4 Å². The molecule has 0 bridgehead atoms. The van der Waals surface area contributed by atoms with Crippen LogP contribution in [-0.2, 0) is 14.9 Å². The molecule has 0 saturated carbocycles. The van der Waals surface area contributed by atoms with Crippen LogP contribution >= 0.6 is 0 Å². The van der Waals surface area contributed by atoms with Gasteiger partial charge in [0.15, 0.2) is 0 Å². The second kappa shape index (κ2) is 10.3. The van der Waals surface area contributed by atoms with Gasteiger partial charge < -0.3 is 14.8 Å². The van der Waals surface area contributed by atoms with Crippen LogP contribution in [0.3, 0.4) is 0 Å². The maximum absolute atomic E-state index is 13.3. The number of anilines is 1. The fraction of sp³-hybridized carbons (Fsp3) is 0.500. The van der Waals surface area contributed by atoms with Crippen molar-refractivity contribution in [2.45, 2.75) is 50.5 Å². The Balaban J connectivity index is 1.35. The number of nitrogens with one attached hydrogen (secondary N) is 1. The SMILES string of the molecule is CC1CCCCN1CCOc1ccc(NC(=O)C2(c3ccccc3)CCOCC2)cc1. The lowest BCUT2D eigenvalue weighted by Crippen LogP contribution is -2.44. The standard InChI is InChI=1S/C26H34N2O3/c1-21-7-5-6-16-28(21)17-20-31-24-12-10-23(11-13-24)27-25(29)26(14-18-30-19-15-26)22-8-3-2-4-9-22/h2-4,8-13,21H,5-7,14-20H2,1H3,(H,27,29). The molecule has 2 fully saturated rings. The van der Waals surface area contributed by atoms with E-state index in [2.05, 4.69) is 17.1 Å². The number of likely N-dealkylation sites (tertiary alicyclic amines) is 1. The number of benzene rings is 2. The van der Waals surface area contributed by atoms with Crippen molar-refractivity contribution in [2.75, 3.05) is 38.2 Å². The van der Waals surface area contributed by atoms with E-state index < -0.39 is 5.41 Å². The van der Waals surface area contributed by atoms with Gasteiger partial charge in [0.25, 0.3) is 0 Å². The van der Waals surface area contributed by atoms with Crippen molar-refractivity contribution in [1.82, 2.24) is 4.90 Å². The first-order chi connectivity index (χ1) is 15.2. The number of nitrogens with zero attached hydrogens (tertiary/aromatic N) is 1. The van der Waals surface area contributed by atoms with Crippen LogP contribution in [0.1, 0.15) is 44.6 Å². The molecule has 0 radical (unpaired) electrons. The quantitative estimate of drug-likeness (QED) is 0.707. The van der Waals surface area contributed by atoms with Crippen LogP contribution in [0.5, 0.6) is 5.75 Å². The van der Waals surface area contributed by atoms with E-state index in [9.17, 15) is 4.79 Å². The average Bonchev–Trinajstić information content (AvgIpc) is 2.82. The van der Waals surface area contributed by atoms with E-state index in [4.69, 9.17) is 9.47 Å². The molecule has 2 saturated heterocycles. The number of amides is 1. The number of ether oxygens (including phenoxy) is 2. The van der Waals surface area contributed by atoms with Crippen LogP contribution in [0.15, 0.2) is 54.6 Å². The van der Waals surface area contributed by atoms with Crippen LogP contribution in [0.2, 0.25) is 0 Å². The molecular weight excluding hydrogens is 388 g/mol. The minimum absolute atomic E-state index is 0.0368. The molecule has 1 atom stereocenters. The summed E-state index contributed by atoms with van der Waals surface area (Å²) in [6.07, 6.45) is 5.29. The predicted molar refractivity (Wildman–Crippen MR) is 124 cm³/mol. The molecule has 166 valence electrons. The molecule has 2 aliphatic heterocycles. The summed E-state index contributed by atoms with van der Waals surface area (Å²) < 4.78 is 11.5. The van der Waals surface area contributed by atoms with E-state index in [1.54, 1.807) is 0 Å². The third-order valence-corrected chi connectivity index (χ3v) is 6.81. The molecule has 1 amide bonds. The van der Waals surface area contributed by atoms with E-state index in [1.165, 1.54) is 25.8 Å². The number of hydrogen-bond donors (Lipinski definition) is 1. The lowest BCUT2D eigenvalue weighted by molar-refractivity contribution is -0.125. The summed E-state index contributed by atoms with van der Waals surface area (Å²) in [6, 6.07) is 18.5. The number of carbonyl (C=O) groups excluding carboxylic acids is 1. The Morgan fingerprint density at radius 2 is 1.84 bits per heavy atom. The minimum Gasteiger partial charge on any atom is -0.492 e. The molecule has 1 N–H and O–H groups in total. The minimum atomic E-state index is -0.542. The van der Waals surface area contributed by atoms with Gasteiger partial charge in [-0.25, -0.2) is 0 Å². The van der Waals surface area contributed by atoms with Crippen LogP contribution in [0, 0.1) is 0 Å². The van der Waals surface area contributed by atoms with Gasteiger partial charge in [-0.1, -0.05) is 36.8 Å². The lowest BCUT2D eigenvalue weighted by Gasteiger charge is -2.36. The first-order valence-electron chi connectivity index (χ1n) is 11.6. The molecule has 5 nitrogen and oxygen atoms in total. The Morgan fingerprint density at radius 1 is 1.10 bits per heavy atom. The summed E-state index contributed by atoms with van der Waals surface area (Å²) in [5.74, 6) is 0.876. The van der Waals surface area contributed by atoms with Crippen molar-refractivity contribution < 1.29 is 14.3 Å². The largest absolute Gasteiger partial charge is 0.492 e. The summed E-state index contributed by atoms with van der Waals surface area (Å²) >= 11 is 0. The Bertz CT molecular complexity index is 831. The highest BCUT2D eigenvalue weighted by Gasteiger charge is 2.41. The number of piperidine rings is 1. The van der Waals surface area contributed by atoms with Gasteiger partial charge in [-0.15, -0.1) is 0 Å². The first-order valence-corrected chi connectivity index (χ1v) is 11.6. The second-order valence-corrected chi connectivity index (χ2v) is 8.77. The monoisotopic (exact) mass is 422 g/mol. The fourth-order valence-electron chi connectivity index (χ4n) is 4.78. The lowest BCUT2D eigenvalue weighted by atomic mass is 9.73. The van der Waals surface area contributed by atoms with Crippen LogP contribution in [0.4, 0.5) is 5.69 Å². The van der Waals surface area contributed by atoms with Crippen molar-refractivity contribution in [2.24, 2.45) is 0 Å². The topological polar surface area (TPSA) is 50.8 Å². The van der Waals surface area contributed by atoms with Gasteiger partial charge in [0.2, 0.25) is 5.91 Å². The summed E-state index contributed by atoms with van der Waals surface area (Å²) in [7, 11) is 0. The van der Waals surface area contributed by atoms with Crippen molar-refractivity contribution in [1.29, 1.82) is 0 Å². The zero-order chi connectivity index (χ0) is 21.5. The summed E-state index contributed by atoms with van der Waals surface area (Å²) in [5, 5.41) is 3.13. The zero-order valence-electron chi connectivity index (χ0n) is 18.5. The predicted octanol–water partition coefficient (Wildman–Crippen LogP) is 4.63. The highest BCUT2D eigenvalue weighted by molar-refractivity contribution is 5.99. The van der Waals surface area contributed by atoms with Gasteiger partial charge in [0, 0.05) is 31.5 Å². The van der Waals surface area contributed by atoms with E-state index in [0.717, 1.165) is 23.5 Å². The van der Waals surface area contributed by atoms with Gasteiger partial charge in [-0.05, 0) is 69.0 Å². The third-order valence-electron chi connectivity index (χ3n) is 6.81. The Morgan fingerprint density at radius 3 is 2.55 bits per heavy atom. The number of carbonyl (C=O) groups is 1. The van der Waals surface area contributed by atoms with Crippen molar-refractivity contribution in [3.63, 3.8) is 0 Å². The molecule has 2 aromatic rings. The Kier molecular flexibility index (Phi) is 7.25. The van der Waals surface area contributed by atoms with Gasteiger partial charge >= 0.3 is 0 Å². The van der Waals surface area contributed by atoms with Gasteiger partial charge in [0.05, 0.1) is 5.41 Å². The molecule has 0 aromatic heterocycles. The molecule has 4 rings (SSSR count). The molecule has 5 heteroatoms. The second-order valence-electron chi connectivity index (χ2n) is 8.77. The highest BCUT2D eigenvalue weighted by Crippen LogP contribution is 2.36. The smallest absolute Gasteiger partial charge is 0.235 e. The maximum atomic E-state index is 13.3.